The number of nitro benzene ring substituents is 1. The molecule has 0 bridgehead atoms. The molecule has 2 aromatic carbocycles. The molecule has 6 heteroatoms. The Balaban J connectivity index is 1.75. The van der Waals surface area contributed by atoms with Crippen LogP contribution in [-0.2, 0) is 11.2 Å². The van der Waals surface area contributed by atoms with E-state index in [0.29, 0.717) is 13.2 Å². The van der Waals surface area contributed by atoms with Crippen LogP contribution in [-0.4, -0.2) is 24.0 Å². The van der Waals surface area contributed by atoms with Gasteiger partial charge < -0.3 is 10.1 Å². The zero-order valence-electron chi connectivity index (χ0n) is 15.4. The first-order valence-corrected chi connectivity index (χ1v) is 9.01. The molecule has 0 spiro atoms. The number of hydrogen-bond donors (Lipinski definition) is 1. The Kier molecular flexibility index (Phi) is 8.03. The molecular formula is C21H24N2O4. The summed E-state index contributed by atoms with van der Waals surface area (Å²) in [5.41, 5.74) is 1.90. The summed E-state index contributed by atoms with van der Waals surface area (Å²) in [6, 6.07) is 14.0. The lowest BCUT2D eigenvalue weighted by Crippen LogP contribution is -2.22. The standard InChI is InChI=1S/C21H24N2O4/c1-2-16-27-20-8-4-3-6-18(20)7-5-15-22-21(24)14-11-17-9-12-19(13-10-17)23(25)26/h3-4,6,8-14H,2,5,7,15-16H2,1H3,(H,22,24)/b14-11+. The summed E-state index contributed by atoms with van der Waals surface area (Å²) in [4.78, 5) is 22.0. The molecule has 0 aliphatic carbocycles. The Morgan fingerprint density at radius 2 is 1.93 bits per heavy atom. The molecule has 0 radical (unpaired) electrons. The van der Waals surface area contributed by atoms with Crippen molar-refractivity contribution in [3.8, 4) is 5.75 Å². The number of nitrogens with one attached hydrogen (secondary N) is 1. The average molecular weight is 368 g/mol. The Morgan fingerprint density at radius 1 is 1.19 bits per heavy atom. The van der Waals surface area contributed by atoms with Crippen molar-refractivity contribution < 1.29 is 14.5 Å². The van der Waals surface area contributed by atoms with E-state index in [1.807, 2.05) is 24.3 Å². The Labute approximate surface area is 159 Å². The minimum Gasteiger partial charge on any atom is -0.493 e. The summed E-state index contributed by atoms with van der Waals surface area (Å²) in [6.45, 7) is 3.33. The van der Waals surface area contributed by atoms with Crippen molar-refractivity contribution in [2.24, 2.45) is 0 Å². The molecule has 27 heavy (non-hydrogen) atoms. The number of ether oxygens (including phenoxy) is 1. The SMILES string of the molecule is CCCOc1ccccc1CCCNC(=O)/C=C/c1ccc([N+](=O)[O-])cc1. The maximum Gasteiger partial charge on any atom is 0.269 e. The number of carbonyl (C=O) groups excluding carboxylic acids is 1. The van der Waals surface area contributed by atoms with E-state index in [-0.39, 0.29) is 11.6 Å². The van der Waals surface area contributed by atoms with Crippen molar-refractivity contribution in [3.05, 3.63) is 75.8 Å². The van der Waals surface area contributed by atoms with Gasteiger partial charge in [-0.25, -0.2) is 0 Å². The highest BCUT2D eigenvalue weighted by Gasteiger charge is 2.04. The van der Waals surface area contributed by atoms with Crippen LogP contribution in [0.2, 0.25) is 0 Å². The topological polar surface area (TPSA) is 81.5 Å². The van der Waals surface area contributed by atoms with Crippen LogP contribution in [0.15, 0.2) is 54.6 Å². The number of benzene rings is 2. The van der Waals surface area contributed by atoms with Crippen LogP contribution in [0.5, 0.6) is 5.75 Å². The van der Waals surface area contributed by atoms with Crippen LogP contribution < -0.4 is 10.1 Å². The van der Waals surface area contributed by atoms with Gasteiger partial charge in [0, 0.05) is 24.8 Å². The number of non-ortho nitro benzene ring substituents is 1. The van der Waals surface area contributed by atoms with Gasteiger partial charge in [-0.2, -0.15) is 0 Å². The first-order valence-electron chi connectivity index (χ1n) is 9.01. The van der Waals surface area contributed by atoms with Gasteiger partial charge in [0.1, 0.15) is 5.75 Å². The smallest absolute Gasteiger partial charge is 0.269 e. The Hall–Kier alpha value is -3.15. The van der Waals surface area contributed by atoms with Crippen molar-refractivity contribution in [3.63, 3.8) is 0 Å². The summed E-state index contributed by atoms with van der Waals surface area (Å²) in [6.07, 6.45) is 5.66. The number of carbonyl (C=O) groups is 1. The summed E-state index contributed by atoms with van der Waals surface area (Å²) in [7, 11) is 0. The van der Waals surface area contributed by atoms with Gasteiger partial charge in [0.15, 0.2) is 0 Å². The van der Waals surface area contributed by atoms with Crippen molar-refractivity contribution in [1.29, 1.82) is 0 Å². The number of nitrogens with zero attached hydrogens (tertiary/aromatic N) is 1. The van der Waals surface area contributed by atoms with Gasteiger partial charge in [-0.3, -0.25) is 14.9 Å². The summed E-state index contributed by atoms with van der Waals surface area (Å²) in [5, 5.41) is 13.5. The molecule has 2 aromatic rings. The third kappa shape index (κ3) is 6.93. The van der Waals surface area contributed by atoms with Crippen LogP contribution >= 0.6 is 0 Å². The quantitative estimate of drug-likeness (QED) is 0.296. The molecule has 0 atom stereocenters. The molecule has 6 nitrogen and oxygen atoms in total. The van der Waals surface area contributed by atoms with E-state index in [9.17, 15) is 14.9 Å². The van der Waals surface area contributed by atoms with E-state index in [1.165, 1.54) is 18.2 Å². The van der Waals surface area contributed by atoms with Gasteiger partial charge in [-0.1, -0.05) is 25.1 Å². The molecule has 0 unspecified atom stereocenters. The van der Waals surface area contributed by atoms with Gasteiger partial charge >= 0.3 is 0 Å². The maximum atomic E-state index is 11.9. The second kappa shape index (κ2) is 10.8. The molecule has 0 fully saturated rings. The van der Waals surface area contributed by atoms with Crippen molar-refractivity contribution in [2.75, 3.05) is 13.2 Å². The van der Waals surface area contributed by atoms with E-state index >= 15 is 0 Å². The monoisotopic (exact) mass is 368 g/mol. The molecule has 0 aliphatic rings. The predicted octanol–water partition coefficient (Wildman–Crippen LogP) is 4.15. The Morgan fingerprint density at radius 3 is 2.63 bits per heavy atom. The molecule has 2 rings (SSSR count). The fourth-order valence-corrected chi connectivity index (χ4v) is 2.49. The summed E-state index contributed by atoms with van der Waals surface area (Å²) < 4.78 is 5.73. The number of amides is 1. The molecule has 0 saturated heterocycles. The third-order valence-electron chi connectivity index (χ3n) is 3.89. The van der Waals surface area contributed by atoms with E-state index in [2.05, 4.69) is 12.2 Å². The maximum absolute atomic E-state index is 11.9. The summed E-state index contributed by atoms with van der Waals surface area (Å²) in [5.74, 6) is 0.715. The molecule has 1 N–H and O–H groups in total. The van der Waals surface area contributed by atoms with Gasteiger partial charge in [0.05, 0.1) is 11.5 Å². The van der Waals surface area contributed by atoms with Crippen molar-refractivity contribution in [1.82, 2.24) is 5.32 Å². The number of aryl methyl sites for hydroxylation is 1. The lowest BCUT2D eigenvalue weighted by molar-refractivity contribution is -0.384. The highest BCUT2D eigenvalue weighted by atomic mass is 16.6. The van der Waals surface area contributed by atoms with E-state index in [4.69, 9.17) is 4.74 Å². The van der Waals surface area contributed by atoms with Gasteiger partial charge in [-0.05, 0) is 54.7 Å². The molecule has 1 amide bonds. The fraction of sp³-hybridized carbons (Fsp3) is 0.286. The second-order valence-corrected chi connectivity index (χ2v) is 6.03. The van der Waals surface area contributed by atoms with Crippen molar-refractivity contribution >= 4 is 17.7 Å². The molecule has 142 valence electrons. The molecule has 0 aromatic heterocycles. The number of rotatable bonds is 10. The number of nitro groups is 1. The number of hydrogen-bond acceptors (Lipinski definition) is 4. The van der Waals surface area contributed by atoms with E-state index in [0.717, 1.165) is 36.1 Å². The molecule has 0 heterocycles. The lowest BCUT2D eigenvalue weighted by Gasteiger charge is -2.10. The van der Waals surface area contributed by atoms with Crippen LogP contribution in [0.25, 0.3) is 6.08 Å². The normalized spacial score (nSPS) is 10.7. The zero-order valence-corrected chi connectivity index (χ0v) is 15.4. The third-order valence-corrected chi connectivity index (χ3v) is 3.89. The molecule has 0 aliphatic heterocycles. The van der Waals surface area contributed by atoms with Crippen LogP contribution in [0.1, 0.15) is 30.9 Å². The van der Waals surface area contributed by atoms with Crippen LogP contribution in [0.3, 0.4) is 0 Å². The average Bonchev–Trinajstić information content (AvgIpc) is 2.69. The summed E-state index contributed by atoms with van der Waals surface area (Å²) >= 11 is 0. The van der Waals surface area contributed by atoms with Gasteiger partial charge in [0.2, 0.25) is 5.91 Å². The number of para-hydroxylation sites is 1. The first kappa shape index (κ1) is 20.2. The molecule has 0 saturated carbocycles. The largest absolute Gasteiger partial charge is 0.493 e. The Bertz CT molecular complexity index is 785. The minimum absolute atomic E-state index is 0.0276. The van der Waals surface area contributed by atoms with Gasteiger partial charge in [0.25, 0.3) is 5.69 Å². The van der Waals surface area contributed by atoms with E-state index < -0.39 is 4.92 Å². The second-order valence-electron chi connectivity index (χ2n) is 6.03. The highest BCUT2D eigenvalue weighted by Crippen LogP contribution is 2.19. The lowest BCUT2D eigenvalue weighted by atomic mass is 10.1. The highest BCUT2D eigenvalue weighted by molar-refractivity contribution is 5.91. The molecular weight excluding hydrogens is 344 g/mol. The van der Waals surface area contributed by atoms with Crippen LogP contribution in [0.4, 0.5) is 5.69 Å². The van der Waals surface area contributed by atoms with Crippen molar-refractivity contribution in [2.45, 2.75) is 26.2 Å². The fourth-order valence-electron chi connectivity index (χ4n) is 2.49. The van der Waals surface area contributed by atoms with E-state index in [1.54, 1.807) is 18.2 Å². The first-order chi connectivity index (χ1) is 13.1. The van der Waals surface area contributed by atoms with Crippen LogP contribution in [0, 0.1) is 10.1 Å². The van der Waals surface area contributed by atoms with Gasteiger partial charge in [-0.15, -0.1) is 0 Å². The predicted molar refractivity (Wildman–Crippen MR) is 106 cm³/mol. The zero-order chi connectivity index (χ0) is 19.5. The minimum atomic E-state index is -0.453.